The van der Waals surface area contributed by atoms with Crippen molar-refractivity contribution in [1.82, 2.24) is 9.80 Å². The first-order valence-corrected chi connectivity index (χ1v) is 9.93. The summed E-state index contributed by atoms with van der Waals surface area (Å²) in [7, 11) is 1.69. The molecule has 0 radical (unpaired) electrons. The summed E-state index contributed by atoms with van der Waals surface area (Å²) in [5, 5.41) is 0. The Morgan fingerprint density at radius 1 is 1.33 bits per heavy atom. The Morgan fingerprint density at radius 2 is 2.07 bits per heavy atom. The molecular weight excluding hydrogens is 340 g/mol. The molecule has 0 saturated carbocycles. The molecule has 1 aromatic carbocycles. The summed E-state index contributed by atoms with van der Waals surface area (Å²) >= 11 is 0. The second-order valence-corrected chi connectivity index (χ2v) is 7.70. The Morgan fingerprint density at radius 3 is 2.70 bits per heavy atom. The molecule has 1 unspecified atom stereocenters. The summed E-state index contributed by atoms with van der Waals surface area (Å²) in [4.78, 5) is 33.9. The number of likely N-dealkylation sites (N-methyl/N-ethyl adjacent to an activating group) is 1. The SMILES string of the molecule is CCCC[C@]1(C2CCCN(C(=O)Cc3ccccc3)C2)N=C(N)N(C)C1=O. The Hall–Kier alpha value is -2.37. The number of carbonyl (C=O) groups is 2. The number of benzene rings is 1. The number of rotatable bonds is 6. The Labute approximate surface area is 161 Å². The lowest BCUT2D eigenvalue weighted by Crippen LogP contribution is -2.53. The van der Waals surface area contributed by atoms with E-state index in [4.69, 9.17) is 5.73 Å². The van der Waals surface area contributed by atoms with Gasteiger partial charge >= 0.3 is 0 Å². The normalized spacial score (nSPS) is 25.6. The maximum Gasteiger partial charge on any atom is 0.257 e. The Balaban J connectivity index is 1.77. The molecule has 0 bridgehead atoms. The Bertz CT molecular complexity index is 718. The first kappa shape index (κ1) is 19.4. The highest BCUT2D eigenvalue weighted by Gasteiger charge is 2.52. The highest BCUT2D eigenvalue weighted by Crippen LogP contribution is 2.39. The third-order valence-electron chi connectivity index (χ3n) is 5.89. The first-order valence-electron chi connectivity index (χ1n) is 9.93. The summed E-state index contributed by atoms with van der Waals surface area (Å²) < 4.78 is 0. The van der Waals surface area contributed by atoms with E-state index in [1.165, 1.54) is 4.90 Å². The van der Waals surface area contributed by atoms with Crippen molar-refractivity contribution >= 4 is 17.8 Å². The molecule has 0 aliphatic carbocycles. The average Bonchev–Trinajstić information content (AvgIpc) is 2.92. The molecule has 1 saturated heterocycles. The van der Waals surface area contributed by atoms with Crippen molar-refractivity contribution in [2.45, 2.75) is 51.0 Å². The van der Waals surface area contributed by atoms with Crippen LogP contribution in [0.15, 0.2) is 35.3 Å². The average molecular weight is 370 g/mol. The number of hydrogen-bond acceptors (Lipinski definition) is 4. The van der Waals surface area contributed by atoms with Crippen LogP contribution in [0, 0.1) is 5.92 Å². The lowest BCUT2D eigenvalue weighted by molar-refractivity contribution is -0.138. The van der Waals surface area contributed by atoms with Gasteiger partial charge in [0.2, 0.25) is 5.91 Å². The fourth-order valence-corrected chi connectivity index (χ4v) is 4.28. The number of aliphatic imine (C=N–C) groups is 1. The number of amides is 2. The van der Waals surface area contributed by atoms with E-state index in [-0.39, 0.29) is 17.7 Å². The molecule has 1 aromatic rings. The third-order valence-corrected chi connectivity index (χ3v) is 5.89. The largest absolute Gasteiger partial charge is 0.369 e. The fourth-order valence-electron chi connectivity index (χ4n) is 4.28. The minimum atomic E-state index is -0.805. The topological polar surface area (TPSA) is 79.0 Å². The zero-order chi connectivity index (χ0) is 19.4. The van der Waals surface area contributed by atoms with Crippen LogP contribution in [0.1, 0.15) is 44.6 Å². The van der Waals surface area contributed by atoms with Crippen molar-refractivity contribution in [2.75, 3.05) is 20.1 Å². The fraction of sp³-hybridized carbons (Fsp3) is 0.571. The zero-order valence-corrected chi connectivity index (χ0v) is 16.4. The van der Waals surface area contributed by atoms with Gasteiger partial charge in [0.25, 0.3) is 5.91 Å². The van der Waals surface area contributed by atoms with E-state index in [1.54, 1.807) is 7.05 Å². The summed E-state index contributed by atoms with van der Waals surface area (Å²) in [6.07, 6.45) is 4.80. The van der Waals surface area contributed by atoms with Crippen LogP contribution in [0.3, 0.4) is 0 Å². The summed E-state index contributed by atoms with van der Waals surface area (Å²) in [6, 6.07) is 9.80. The van der Waals surface area contributed by atoms with E-state index < -0.39 is 5.54 Å². The number of nitrogens with zero attached hydrogens (tertiary/aromatic N) is 3. The maximum absolute atomic E-state index is 13.0. The van der Waals surface area contributed by atoms with Crippen LogP contribution in [0.5, 0.6) is 0 Å². The lowest BCUT2D eigenvalue weighted by Gasteiger charge is -2.40. The van der Waals surface area contributed by atoms with Gasteiger partial charge in [-0.3, -0.25) is 14.5 Å². The molecule has 2 atom stereocenters. The summed E-state index contributed by atoms with van der Waals surface area (Å²) in [5.41, 5.74) is 6.21. The van der Waals surface area contributed by atoms with E-state index in [9.17, 15) is 9.59 Å². The van der Waals surface area contributed by atoms with Crippen LogP contribution in [0.25, 0.3) is 0 Å². The monoisotopic (exact) mass is 370 g/mol. The third kappa shape index (κ3) is 3.84. The molecular formula is C21H30N4O2. The van der Waals surface area contributed by atoms with Crippen molar-refractivity contribution in [3.05, 3.63) is 35.9 Å². The molecule has 6 nitrogen and oxygen atoms in total. The van der Waals surface area contributed by atoms with E-state index in [1.807, 2.05) is 35.2 Å². The van der Waals surface area contributed by atoms with Gasteiger partial charge in [-0.25, -0.2) is 4.99 Å². The molecule has 2 aliphatic rings. The number of nitrogens with two attached hydrogens (primary N) is 1. The molecule has 3 rings (SSSR count). The number of hydrogen-bond donors (Lipinski definition) is 1. The standard InChI is InChI=1S/C21H30N4O2/c1-3-4-12-21(19(27)24(2)20(22)23-21)17-11-8-13-25(15-17)18(26)14-16-9-6-5-7-10-16/h5-7,9-10,17H,3-4,8,11-15H2,1-2H3,(H2,22,23)/t17?,21-/m1/s1. The predicted molar refractivity (Wildman–Crippen MR) is 106 cm³/mol. The van der Waals surface area contributed by atoms with Crippen molar-refractivity contribution in [2.24, 2.45) is 16.6 Å². The number of unbranched alkanes of at least 4 members (excludes halogenated alkanes) is 1. The van der Waals surface area contributed by atoms with Crippen LogP contribution in [-0.2, 0) is 16.0 Å². The predicted octanol–water partition coefficient (Wildman–Crippen LogP) is 2.18. The van der Waals surface area contributed by atoms with E-state index in [0.717, 1.165) is 37.8 Å². The van der Waals surface area contributed by atoms with Crippen LogP contribution in [-0.4, -0.2) is 53.2 Å². The zero-order valence-electron chi connectivity index (χ0n) is 16.4. The van der Waals surface area contributed by atoms with Gasteiger partial charge in [0, 0.05) is 26.1 Å². The molecule has 2 aliphatic heterocycles. The molecule has 146 valence electrons. The quantitative estimate of drug-likeness (QED) is 0.834. The van der Waals surface area contributed by atoms with Crippen LogP contribution in [0.4, 0.5) is 0 Å². The minimum Gasteiger partial charge on any atom is -0.369 e. The molecule has 27 heavy (non-hydrogen) atoms. The van der Waals surface area contributed by atoms with Gasteiger partial charge in [-0.15, -0.1) is 0 Å². The van der Waals surface area contributed by atoms with Gasteiger partial charge in [0.15, 0.2) is 5.96 Å². The maximum atomic E-state index is 13.0. The molecule has 6 heteroatoms. The van der Waals surface area contributed by atoms with Crippen molar-refractivity contribution < 1.29 is 9.59 Å². The molecule has 2 amide bonds. The second kappa shape index (κ2) is 8.11. The summed E-state index contributed by atoms with van der Waals surface area (Å²) in [5.74, 6) is 0.417. The number of likely N-dealkylation sites (tertiary alicyclic amines) is 1. The molecule has 0 aromatic heterocycles. The van der Waals surface area contributed by atoms with Crippen molar-refractivity contribution in [3.8, 4) is 0 Å². The van der Waals surface area contributed by atoms with E-state index in [0.29, 0.717) is 25.3 Å². The number of guanidine groups is 1. The summed E-state index contributed by atoms with van der Waals surface area (Å²) in [6.45, 7) is 3.43. The van der Waals surface area contributed by atoms with Crippen molar-refractivity contribution in [1.29, 1.82) is 0 Å². The van der Waals surface area contributed by atoms with Crippen LogP contribution in [0.2, 0.25) is 0 Å². The molecule has 2 N–H and O–H groups in total. The van der Waals surface area contributed by atoms with Gasteiger partial charge in [0.05, 0.1) is 6.42 Å². The smallest absolute Gasteiger partial charge is 0.257 e. The number of piperidine rings is 1. The lowest BCUT2D eigenvalue weighted by atomic mass is 9.75. The van der Waals surface area contributed by atoms with Gasteiger partial charge in [0.1, 0.15) is 5.54 Å². The van der Waals surface area contributed by atoms with Gasteiger partial charge in [-0.1, -0.05) is 50.1 Å². The highest BCUT2D eigenvalue weighted by molar-refractivity contribution is 6.06. The first-order chi connectivity index (χ1) is 13.0. The van der Waals surface area contributed by atoms with Crippen LogP contribution >= 0.6 is 0 Å². The molecule has 1 fully saturated rings. The van der Waals surface area contributed by atoms with E-state index >= 15 is 0 Å². The Kier molecular flexibility index (Phi) is 5.82. The molecule has 2 heterocycles. The van der Waals surface area contributed by atoms with Gasteiger partial charge in [-0.05, 0) is 24.8 Å². The van der Waals surface area contributed by atoms with Crippen LogP contribution < -0.4 is 5.73 Å². The minimum absolute atomic E-state index is 0.0178. The van der Waals surface area contributed by atoms with Crippen molar-refractivity contribution in [3.63, 3.8) is 0 Å². The van der Waals surface area contributed by atoms with Gasteiger partial charge in [-0.2, -0.15) is 0 Å². The number of carbonyl (C=O) groups excluding carboxylic acids is 2. The van der Waals surface area contributed by atoms with E-state index in [2.05, 4.69) is 11.9 Å². The van der Waals surface area contributed by atoms with Gasteiger partial charge < -0.3 is 10.6 Å². The second-order valence-electron chi connectivity index (χ2n) is 7.70. The highest BCUT2D eigenvalue weighted by atomic mass is 16.2. The molecule has 0 spiro atoms.